The van der Waals surface area contributed by atoms with E-state index in [0.29, 0.717) is 33.9 Å². The molecule has 0 bridgehead atoms. The molecule has 0 spiro atoms. The molecule has 0 radical (unpaired) electrons. The van der Waals surface area contributed by atoms with Crippen LogP contribution in [0.2, 0.25) is 0 Å². The van der Waals surface area contributed by atoms with Crippen LogP contribution in [0, 0.1) is 16.0 Å². The average Bonchev–Trinajstić information content (AvgIpc) is 3.35. The maximum Gasteiger partial charge on any atom is 0.269 e. The molecule has 1 aromatic heterocycles. The highest BCUT2D eigenvalue weighted by molar-refractivity contribution is 7.14. The first-order valence-electron chi connectivity index (χ1n) is 10.2. The van der Waals surface area contributed by atoms with Gasteiger partial charge in [-0.25, -0.2) is 4.98 Å². The Morgan fingerprint density at radius 1 is 1.09 bits per heavy atom. The number of thiazole rings is 1. The number of hydrogen-bond acceptors (Lipinski definition) is 7. The summed E-state index contributed by atoms with van der Waals surface area (Å²) in [6.07, 6.45) is 0.303. The molecule has 0 fully saturated rings. The Morgan fingerprint density at radius 2 is 1.70 bits per heavy atom. The fourth-order valence-corrected chi connectivity index (χ4v) is 4.40. The number of nitrogens with zero attached hydrogens (tertiary/aromatic N) is 3. The smallest absolute Gasteiger partial charge is 0.269 e. The second-order valence-corrected chi connectivity index (χ2v) is 8.86. The molecule has 0 aliphatic carbocycles. The summed E-state index contributed by atoms with van der Waals surface area (Å²) in [6, 6.07) is 11.5. The van der Waals surface area contributed by atoms with Crippen LogP contribution in [0.15, 0.2) is 53.9 Å². The van der Waals surface area contributed by atoms with E-state index in [1.807, 2.05) is 13.8 Å². The normalized spacial score (nSPS) is 13.8. The molecule has 168 valence electrons. The predicted molar refractivity (Wildman–Crippen MR) is 123 cm³/mol. The van der Waals surface area contributed by atoms with Gasteiger partial charge in [0, 0.05) is 23.1 Å². The van der Waals surface area contributed by atoms with Gasteiger partial charge in [0.15, 0.2) is 5.13 Å². The van der Waals surface area contributed by atoms with Crippen LogP contribution in [-0.2, 0) is 4.79 Å². The SMILES string of the molecule is CC(C)CC(C(=O)Nc1nc(-c2ccc([N+](=O)[O-])cc2)cs1)N1C(=O)c2ccccc2C1=O. The number of carbonyl (C=O) groups excluding carboxylic acids is 3. The van der Waals surface area contributed by atoms with Crippen molar-refractivity contribution in [3.63, 3.8) is 0 Å². The Bertz CT molecular complexity index is 1220. The Labute approximate surface area is 193 Å². The first-order chi connectivity index (χ1) is 15.8. The van der Waals surface area contributed by atoms with E-state index in [1.165, 1.54) is 23.5 Å². The van der Waals surface area contributed by atoms with Gasteiger partial charge in [-0.2, -0.15) is 0 Å². The van der Waals surface area contributed by atoms with Crippen LogP contribution in [0.4, 0.5) is 10.8 Å². The van der Waals surface area contributed by atoms with Crippen molar-refractivity contribution in [1.29, 1.82) is 0 Å². The number of amides is 3. The molecule has 3 aromatic rings. The Morgan fingerprint density at radius 3 is 2.24 bits per heavy atom. The summed E-state index contributed by atoms with van der Waals surface area (Å²) in [5, 5.41) is 15.6. The number of nitro groups is 1. The van der Waals surface area contributed by atoms with Crippen LogP contribution in [0.1, 0.15) is 41.0 Å². The zero-order valence-corrected chi connectivity index (χ0v) is 18.7. The number of aromatic nitrogens is 1. The van der Waals surface area contributed by atoms with Crippen molar-refractivity contribution in [2.75, 3.05) is 5.32 Å². The first kappa shape index (κ1) is 22.3. The average molecular weight is 465 g/mol. The highest BCUT2D eigenvalue weighted by Crippen LogP contribution is 2.29. The molecule has 2 heterocycles. The van der Waals surface area contributed by atoms with Gasteiger partial charge in [0.05, 0.1) is 21.7 Å². The number of hydrogen-bond donors (Lipinski definition) is 1. The van der Waals surface area contributed by atoms with Crippen LogP contribution in [0.25, 0.3) is 11.3 Å². The molecule has 1 unspecified atom stereocenters. The fraction of sp³-hybridized carbons (Fsp3) is 0.217. The fourth-order valence-electron chi connectivity index (χ4n) is 3.67. The van der Waals surface area contributed by atoms with Crippen molar-refractivity contribution in [2.45, 2.75) is 26.3 Å². The lowest BCUT2D eigenvalue weighted by molar-refractivity contribution is -0.384. The maximum absolute atomic E-state index is 13.2. The predicted octanol–water partition coefficient (Wildman–Crippen LogP) is 4.37. The second kappa shape index (κ2) is 8.91. The number of rotatable bonds is 7. The van der Waals surface area contributed by atoms with E-state index in [4.69, 9.17) is 0 Å². The third-order valence-electron chi connectivity index (χ3n) is 5.24. The maximum atomic E-state index is 13.2. The number of nitro benzene ring substituents is 1. The summed E-state index contributed by atoms with van der Waals surface area (Å²) in [4.78, 5) is 54.8. The molecule has 9 nitrogen and oxygen atoms in total. The van der Waals surface area contributed by atoms with Gasteiger partial charge < -0.3 is 5.32 Å². The molecular formula is C23H20N4O5S. The molecular weight excluding hydrogens is 444 g/mol. The van der Waals surface area contributed by atoms with Crippen molar-refractivity contribution < 1.29 is 19.3 Å². The lowest BCUT2D eigenvalue weighted by Gasteiger charge is -2.26. The highest BCUT2D eigenvalue weighted by Gasteiger charge is 2.42. The zero-order chi connectivity index (χ0) is 23.7. The third kappa shape index (κ3) is 4.37. The Balaban J connectivity index is 1.55. The van der Waals surface area contributed by atoms with E-state index in [9.17, 15) is 24.5 Å². The van der Waals surface area contributed by atoms with Gasteiger partial charge in [0.1, 0.15) is 6.04 Å². The summed E-state index contributed by atoms with van der Waals surface area (Å²) < 4.78 is 0. The number of fused-ring (bicyclic) bond motifs is 1. The van der Waals surface area contributed by atoms with Crippen LogP contribution >= 0.6 is 11.3 Å². The largest absolute Gasteiger partial charge is 0.300 e. The highest BCUT2D eigenvalue weighted by atomic mass is 32.1. The van der Waals surface area contributed by atoms with Crippen LogP contribution in [0.3, 0.4) is 0 Å². The Hall–Kier alpha value is -3.92. The van der Waals surface area contributed by atoms with Crippen molar-refractivity contribution in [1.82, 2.24) is 9.88 Å². The molecule has 4 rings (SSSR count). The molecule has 2 aromatic carbocycles. The molecule has 1 atom stereocenters. The molecule has 0 saturated heterocycles. The molecule has 33 heavy (non-hydrogen) atoms. The van der Waals surface area contributed by atoms with E-state index >= 15 is 0 Å². The number of non-ortho nitro benzene ring substituents is 1. The van der Waals surface area contributed by atoms with Crippen molar-refractivity contribution in [2.24, 2.45) is 5.92 Å². The molecule has 0 saturated carbocycles. The van der Waals surface area contributed by atoms with E-state index in [2.05, 4.69) is 10.3 Å². The third-order valence-corrected chi connectivity index (χ3v) is 6.00. The van der Waals surface area contributed by atoms with Crippen molar-refractivity contribution >= 4 is 39.9 Å². The molecule has 1 aliphatic heterocycles. The number of carbonyl (C=O) groups is 3. The van der Waals surface area contributed by atoms with Gasteiger partial charge in [0.2, 0.25) is 5.91 Å². The lowest BCUT2D eigenvalue weighted by Crippen LogP contribution is -2.47. The minimum absolute atomic E-state index is 0.0278. The zero-order valence-electron chi connectivity index (χ0n) is 17.8. The number of anilines is 1. The minimum Gasteiger partial charge on any atom is -0.300 e. The van der Waals surface area contributed by atoms with E-state index in [-0.39, 0.29) is 11.6 Å². The second-order valence-electron chi connectivity index (χ2n) is 8.00. The van der Waals surface area contributed by atoms with Gasteiger partial charge >= 0.3 is 0 Å². The van der Waals surface area contributed by atoms with Crippen LogP contribution in [0.5, 0.6) is 0 Å². The molecule has 1 aliphatic rings. The lowest BCUT2D eigenvalue weighted by atomic mass is 10.0. The minimum atomic E-state index is -0.982. The van der Waals surface area contributed by atoms with Gasteiger partial charge in [-0.3, -0.25) is 29.4 Å². The summed E-state index contributed by atoms with van der Waals surface area (Å²) in [5.41, 5.74) is 1.76. The van der Waals surface area contributed by atoms with Crippen molar-refractivity contribution in [3.8, 4) is 11.3 Å². The number of imide groups is 1. The molecule has 10 heteroatoms. The Kier molecular flexibility index (Phi) is 6.01. The standard InChI is InChI=1S/C23H20N4O5S/c1-13(2)11-19(26-21(29)16-5-3-4-6-17(16)22(26)30)20(28)25-23-24-18(12-33-23)14-7-9-15(10-8-14)27(31)32/h3-10,12-13,19H,11H2,1-2H3,(H,24,25,28). The van der Waals surface area contributed by atoms with Gasteiger partial charge in [-0.1, -0.05) is 26.0 Å². The molecule has 3 amide bonds. The molecule has 1 N–H and O–H groups in total. The van der Waals surface area contributed by atoms with Gasteiger partial charge in [-0.15, -0.1) is 11.3 Å². The number of nitrogens with one attached hydrogen (secondary N) is 1. The van der Waals surface area contributed by atoms with E-state index < -0.39 is 28.7 Å². The summed E-state index contributed by atoms with van der Waals surface area (Å²) in [7, 11) is 0. The number of benzene rings is 2. The summed E-state index contributed by atoms with van der Waals surface area (Å²) in [5.74, 6) is -1.41. The monoisotopic (exact) mass is 464 g/mol. The summed E-state index contributed by atoms with van der Waals surface area (Å²) >= 11 is 1.19. The quantitative estimate of drug-likeness (QED) is 0.315. The topological polar surface area (TPSA) is 123 Å². The van der Waals surface area contributed by atoms with Crippen LogP contribution < -0.4 is 5.32 Å². The van der Waals surface area contributed by atoms with Gasteiger partial charge in [0.25, 0.3) is 17.5 Å². The first-order valence-corrected chi connectivity index (χ1v) is 11.1. The van der Waals surface area contributed by atoms with E-state index in [1.54, 1.807) is 41.8 Å². The van der Waals surface area contributed by atoms with Gasteiger partial charge in [-0.05, 0) is 36.6 Å². The van der Waals surface area contributed by atoms with Crippen LogP contribution in [-0.4, -0.2) is 38.6 Å². The van der Waals surface area contributed by atoms with Crippen molar-refractivity contribution in [3.05, 3.63) is 75.2 Å². The van der Waals surface area contributed by atoms with E-state index in [0.717, 1.165) is 4.90 Å². The summed E-state index contributed by atoms with van der Waals surface area (Å²) in [6.45, 7) is 3.82.